The average molecular weight is 406 g/mol. The highest BCUT2D eigenvalue weighted by atomic mass is 127. The number of carbonyl (C=O) groups is 1. The van der Waals surface area contributed by atoms with E-state index in [2.05, 4.69) is 38.0 Å². The summed E-state index contributed by atoms with van der Waals surface area (Å²) in [6.07, 6.45) is 1.66. The van der Waals surface area contributed by atoms with E-state index in [1.807, 2.05) is 45.2 Å². The van der Waals surface area contributed by atoms with Gasteiger partial charge in [-0.15, -0.1) is 0 Å². The van der Waals surface area contributed by atoms with Crippen LogP contribution in [0.1, 0.15) is 21.6 Å². The van der Waals surface area contributed by atoms with Crippen molar-refractivity contribution < 1.29 is 4.79 Å². The van der Waals surface area contributed by atoms with Crippen molar-refractivity contribution in [3.05, 3.63) is 50.9 Å². The van der Waals surface area contributed by atoms with E-state index >= 15 is 0 Å². The minimum absolute atomic E-state index is 0.129. The van der Waals surface area contributed by atoms with Crippen molar-refractivity contribution in [2.45, 2.75) is 13.8 Å². The van der Waals surface area contributed by atoms with Crippen LogP contribution in [0.25, 0.3) is 11.0 Å². The topological polar surface area (TPSA) is 59.8 Å². The Kier molecular flexibility index (Phi) is 3.86. The number of rotatable bonds is 2. The predicted molar refractivity (Wildman–Crippen MR) is 95.1 cm³/mol. The van der Waals surface area contributed by atoms with Crippen LogP contribution in [-0.2, 0) is 7.05 Å². The van der Waals surface area contributed by atoms with Gasteiger partial charge < -0.3 is 5.32 Å². The Morgan fingerprint density at radius 2 is 2.09 bits per heavy atom. The first kappa shape index (κ1) is 15.0. The molecule has 5 nitrogen and oxygen atoms in total. The van der Waals surface area contributed by atoms with Crippen molar-refractivity contribution in [3.63, 3.8) is 0 Å². The molecule has 0 aliphatic rings. The van der Waals surface area contributed by atoms with Gasteiger partial charge in [-0.2, -0.15) is 5.10 Å². The SMILES string of the molecule is Cc1cccc(C(=O)Nc2cnc3c(c2)c(C)nn3C)c1I. The molecule has 0 atom stereocenters. The van der Waals surface area contributed by atoms with E-state index in [4.69, 9.17) is 0 Å². The van der Waals surface area contributed by atoms with Crippen molar-refractivity contribution in [1.29, 1.82) is 0 Å². The zero-order valence-corrected chi connectivity index (χ0v) is 14.7. The van der Waals surface area contributed by atoms with Crippen LogP contribution in [0, 0.1) is 17.4 Å². The molecule has 0 saturated heterocycles. The van der Waals surface area contributed by atoms with Crippen LogP contribution < -0.4 is 5.32 Å². The number of anilines is 1. The molecule has 1 amide bonds. The Hall–Kier alpha value is -1.96. The van der Waals surface area contributed by atoms with Crippen LogP contribution in [0.3, 0.4) is 0 Å². The molecule has 22 heavy (non-hydrogen) atoms. The molecule has 0 radical (unpaired) electrons. The highest BCUT2D eigenvalue weighted by molar-refractivity contribution is 14.1. The van der Waals surface area contributed by atoms with Crippen molar-refractivity contribution >= 4 is 45.2 Å². The number of fused-ring (bicyclic) bond motifs is 1. The van der Waals surface area contributed by atoms with E-state index in [9.17, 15) is 4.79 Å². The maximum absolute atomic E-state index is 12.4. The number of pyridine rings is 1. The minimum atomic E-state index is -0.129. The number of aromatic nitrogens is 3. The van der Waals surface area contributed by atoms with Gasteiger partial charge in [0.25, 0.3) is 5.91 Å². The lowest BCUT2D eigenvalue weighted by atomic mass is 10.1. The van der Waals surface area contributed by atoms with Gasteiger partial charge in [0, 0.05) is 16.0 Å². The number of amides is 1. The van der Waals surface area contributed by atoms with Crippen LogP contribution >= 0.6 is 22.6 Å². The van der Waals surface area contributed by atoms with Gasteiger partial charge in [0.2, 0.25) is 0 Å². The number of nitrogens with zero attached hydrogens (tertiary/aromatic N) is 3. The fraction of sp³-hybridized carbons (Fsp3) is 0.188. The first-order valence-corrected chi connectivity index (χ1v) is 7.91. The third-order valence-electron chi connectivity index (χ3n) is 3.56. The summed E-state index contributed by atoms with van der Waals surface area (Å²) in [5.74, 6) is -0.129. The summed E-state index contributed by atoms with van der Waals surface area (Å²) in [6, 6.07) is 7.61. The highest BCUT2D eigenvalue weighted by Crippen LogP contribution is 2.21. The van der Waals surface area contributed by atoms with Crippen LogP contribution in [0.15, 0.2) is 30.5 Å². The first-order valence-electron chi connectivity index (χ1n) is 6.83. The Morgan fingerprint density at radius 3 is 2.86 bits per heavy atom. The van der Waals surface area contributed by atoms with E-state index in [-0.39, 0.29) is 5.91 Å². The lowest BCUT2D eigenvalue weighted by Gasteiger charge is -2.08. The Bertz CT molecular complexity index is 885. The molecule has 2 aromatic heterocycles. The van der Waals surface area contributed by atoms with Crippen LogP contribution in [0.4, 0.5) is 5.69 Å². The molecule has 0 fully saturated rings. The number of hydrogen-bond donors (Lipinski definition) is 1. The van der Waals surface area contributed by atoms with Crippen LogP contribution in [0.5, 0.6) is 0 Å². The molecule has 0 unspecified atom stereocenters. The zero-order chi connectivity index (χ0) is 15.9. The number of hydrogen-bond acceptors (Lipinski definition) is 3. The number of nitrogens with one attached hydrogen (secondary N) is 1. The molecule has 1 aromatic carbocycles. The van der Waals surface area contributed by atoms with E-state index in [0.29, 0.717) is 11.3 Å². The van der Waals surface area contributed by atoms with E-state index in [1.165, 1.54) is 0 Å². The molecule has 3 aromatic rings. The molecule has 112 valence electrons. The maximum atomic E-state index is 12.4. The second kappa shape index (κ2) is 5.68. The predicted octanol–water partition coefficient (Wildman–Crippen LogP) is 3.44. The van der Waals surface area contributed by atoms with Gasteiger partial charge >= 0.3 is 0 Å². The molecular formula is C16H15IN4O. The smallest absolute Gasteiger partial charge is 0.256 e. The molecular weight excluding hydrogens is 391 g/mol. The molecule has 0 aliphatic heterocycles. The quantitative estimate of drug-likeness (QED) is 0.664. The van der Waals surface area contributed by atoms with Crippen LogP contribution in [0.2, 0.25) is 0 Å². The van der Waals surface area contributed by atoms with Gasteiger partial charge in [-0.3, -0.25) is 9.48 Å². The third-order valence-corrected chi connectivity index (χ3v) is 4.99. The second-order valence-electron chi connectivity index (χ2n) is 5.19. The summed E-state index contributed by atoms with van der Waals surface area (Å²) in [7, 11) is 1.86. The number of benzene rings is 1. The largest absolute Gasteiger partial charge is 0.321 e. The van der Waals surface area contributed by atoms with Crippen molar-refractivity contribution in [2.75, 3.05) is 5.32 Å². The highest BCUT2D eigenvalue weighted by Gasteiger charge is 2.13. The molecule has 2 heterocycles. The first-order chi connectivity index (χ1) is 10.5. The van der Waals surface area contributed by atoms with Gasteiger partial charge in [-0.25, -0.2) is 4.98 Å². The number of carbonyl (C=O) groups excluding carboxylic acids is 1. The van der Waals surface area contributed by atoms with Gasteiger partial charge in [0.05, 0.1) is 23.1 Å². The fourth-order valence-corrected chi connectivity index (χ4v) is 3.00. The summed E-state index contributed by atoms with van der Waals surface area (Å²) in [5.41, 5.74) is 4.13. The molecule has 6 heteroatoms. The summed E-state index contributed by atoms with van der Waals surface area (Å²) in [5, 5.41) is 8.19. The van der Waals surface area contributed by atoms with E-state index in [0.717, 1.165) is 25.9 Å². The summed E-state index contributed by atoms with van der Waals surface area (Å²) < 4.78 is 2.70. The lowest BCUT2D eigenvalue weighted by Crippen LogP contribution is -2.14. The van der Waals surface area contributed by atoms with Gasteiger partial charge in [0.1, 0.15) is 0 Å². The van der Waals surface area contributed by atoms with Crippen molar-refractivity contribution in [3.8, 4) is 0 Å². The average Bonchev–Trinajstić information content (AvgIpc) is 2.76. The molecule has 0 bridgehead atoms. The molecule has 1 N–H and O–H groups in total. The normalized spacial score (nSPS) is 10.9. The molecule has 0 aliphatic carbocycles. The Morgan fingerprint density at radius 1 is 1.32 bits per heavy atom. The molecule has 3 rings (SSSR count). The third kappa shape index (κ3) is 2.58. The van der Waals surface area contributed by atoms with E-state index in [1.54, 1.807) is 10.9 Å². The van der Waals surface area contributed by atoms with Crippen molar-refractivity contribution in [1.82, 2.24) is 14.8 Å². The minimum Gasteiger partial charge on any atom is -0.321 e. The zero-order valence-electron chi connectivity index (χ0n) is 12.5. The van der Waals surface area contributed by atoms with Gasteiger partial charge in [-0.05, 0) is 54.1 Å². The number of halogens is 1. The van der Waals surface area contributed by atoms with Crippen LogP contribution in [-0.4, -0.2) is 20.7 Å². The van der Waals surface area contributed by atoms with Gasteiger partial charge in [-0.1, -0.05) is 12.1 Å². The summed E-state index contributed by atoms with van der Waals surface area (Å²) in [4.78, 5) is 16.8. The number of aryl methyl sites for hydroxylation is 3. The monoisotopic (exact) mass is 406 g/mol. The summed E-state index contributed by atoms with van der Waals surface area (Å²) in [6.45, 7) is 3.92. The molecule has 0 saturated carbocycles. The standard InChI is InChI=1S/C16H15IN4O/c1-9-5-4-6-12(14(9)17)16(22)19-11-7-13-10(2)20-21(3)15(13)18-8-11/h4-8H,1-3H3,(H,19,22). The summed E-state index contributed by atoms with van der Waals surface area (Å²) >= 11 is 2.20. The fourth-order valence-electron chi connectivity index (χ4n) is 2.40. The Labute approximate surface area is 141 Å². The van der Waals surface area contributed by atoms with Gasteiger partial charge in [0.15, 0.2) is 5.65 Å². The lowest BCUT2D eigenvalue weighted by molar-refractivity contribution is 0.102. The second-order valence-corrected chi connectivity index (χ2v) is 6.27. The van der Waals surface area contributed by atoms with Crippen molar-refractivity contribution in [2.24, 2.45) is 7.05 Å². The Balaban J connectivity index is 1.94. The van der Waals surface area contributed by atoms with E-state index < -0.39 is 0 Å². The maximum Gasteiger partial charge on any atom is 0.256 e. The molecule has 0 spiro atoms.